The summed E-state index contributed by atoms with van der Waals surface area (Å²) in [4.78, 5) is 0. The van der Waals surface area contributed by atoms with Crippen molar-refractivity contribution in [1.82, 2.24) is 0 Å². The molecule has 3 atom stereocenters. The molecule has 0 aromatic carbocycles. The standard InChI is InChI=1S/C48H84O3/c1-3-5-7-9-11-13-15-17-19-21-23-25-27-29-31-33-37-47(42-48(43-47)50-45-40-44(36-35-39-49)41-46(45)51-48)38-34-32-30-28-26-24-22-20-18-16-14-12-10-8-6-4-2/h11-14,17-20,44-46,49H,3-10,15-16,21-43H2,1-2H3/b13-11-,14-12-,19-17-,20-18-/t44-,45+,46-. The number of rotatable bonds is 33. The summed E-state index contributed by atoms with van der Waals surface area (Å²) in [7, 11) is 0. The van der Waals surface area contributed by atoms with E-state index in [9.17, 15) is 5.11 Å². The van der Waals surface area contributed by atoms with E-state index in [-0.39, 0.29) is 5.79 Å². The molecule has 1 spiro atoms. The number of fused-ring (bicyclic) bond motifs is 1. The molecule has 0 unspecified atom stereocenters. The highest BCUT2D eigenvalue weighted by Crippen LogP contribution is 2.61. The van der Waals surface area contributed by atoms with Crippen LogP contribution in [0, 0.1) is 11.3 Å². The second-order valence-electron chi connectivity index (χ2n) is 16.9. The molecular formula is C48H84O3. The molecule has 0 amide bonds. The van der Waals surface area contributed by atoms with Crippen molar-refractivity contribution in [2.75, 3.05) is 6.61 Å². The van der Waals surface area contributed by atoms with Gasteiger partial charge in [-0.15, -0.1) is 0 Å². The molecule has 0 radical (unpaired) electrons. The van der Waals surface area contributed by atoms with Gasteiger partial charge in [-0.05, 0) is 114 Å². The molecule has 0 aromatic heterocycles. The van der Waals surface area contributed by atoms with Gasteiger partial charge in [0.15, 0.2) is 5.79 Å². The molecule has 3 heteroatoms. The average molecular weight is 709 g/mol. The van der Waals surface area contributed by atoms with Crippen molar-refractivity contribution in [2.45, 2.75) is 237 Å². The molecule has 3 nitrogen and oxygen atoms in total. The van der Waals surface area contributed by atoms with E-state index in [0.717, 1.165) is 51.4 Å². The molecule has 3 rings (SSSR count). The van der Waals surface area contributed by atoms with Crippen LogP contribution in [0.5, 0.6) is 0 Å². The van der Waals surface area contributed by atoms with E-state index >= 15 is 0 Å². The average Bonchev–Trinajstić information content (AvgIpc) is 3.66. The molecule has 1 saturated heterocycles. The molecule has 2 saturated carbocycles. The quantitative estimate of drug-likeness (QED) is 0.0545. The Bertz CT molecular complexity index is 874. The maximum atomic E-state index is 9.27. The lowest BCUT2D eigenvalue weighted by Crippen LogP contribution is -2.53. The van der Waals surface area contributed by atoms with E-state index < -0.39 is 0 Å². The highest BCUT2D eigenvalue weighted by atomic mass is 16.8. The summed E-state index contributed by atoms with van der Waals surface area (Å²) in [5.41, 5.74) is 0.444. The zero-order valence-corrected chi connectivity index (χ0v) is 33.9. The number of allylic oxidation sites excluding steroid dienone is 8. The molecule has 1 heterocycles. The van der Waals surface area contributed by atoms with E-state index in [1.807, 2.05) is 0 Å². The number of unbranched alkanes of at least 4 members (excludes halogenated alkanes) is 18. The van der Waals surface area contributed by atoms with Crippen LogP contribution in [-0.4, -0.2) is 29.7 Å². The highest BCUT2D eigenvalue weighted by Gasteiger charge is 2.62. The van der Waals surface area contributed by atoms with Crippen LogP contribution in [0.15, 0.2) is 48.6 Å². The second-order valence-corrected chi connectivity index (χ2v) is 16.9. The SMILES string of the molecule is CCCCC/C=C\C/C=C\CCCCCCCCC1(CCCCCCCC/C=C\C/C=C\CCCCC)CC2(C1)O[C@H]1C[C@@H](CCCO)C[C@H]1O2. The van der Waals surface area contributed by atoms with Crippen LogP contribution in [0.3, 0.4) is 0 Å². The Kier molecular flexibility index (Phi) is 24.6. The Morgan fingerprint density at radius 1 is 0.490 bits per heavy atom. The lowest BCUT2D eigenvalue weighted by Gasteiger charge is -2.54. The van der Waals surface area contributed by atoms with Crippen LogP contribution in [-0.2, 0) is 9.47 Å². The minimum Gasteiger partial charge on any atom is -0.396 e. The minimum atomic E-state index is -0.270. The van der Waals surface area contributed by atoms with Crippen molar-refractivity contribution in [3.63, 3.8) is 0 Å². The number of hydrogen-bond donors (Lipinski definition) is 1. The summed E-state index contributed by atoms with van der Waals surface area (Å²) in [5, 5.41) is 9.27. The molecule has 0 aromatic rings. The van der Waals surface area contributed by atoms with Crippen LogP contribution >= 0.6 is 0 Å². The first-order valence-corrected chi connectivity index (χ1v) is 22.7. The van der Waals surface area contributed by atoms with Crippen LogP contribution < -0.4 is 0 Å². The van der Waals surface area contributed by atoms with Crippen LogP contribution in [0.4, 0.5) is 0 Å². The fourth-order valence-corrected chi connectivity index (χ4v) is 9.21. The molecule has 0 bridgehead atoms. The van der Waals surface area contributed by atoms with E-state index in [1.54, 1.807) is 0 Å². The number of hydrogen-bond acceptors (Lipinski definition) is 3. The fraction of sp³-hybridized carbons (Fsp3) is 0.833. The van der Waals surface area contributed by atoms with Gasteiger partial charge in [0.2, 0.25) is 0 Å². The van der Waals surface area contributed by atoms with E-state index in [2.05, 4.69) is 62.5 Å². The second kappa shape index (κ2) is 28.3. The van der Waals surface area contributed by atoms with Gasteiger partial charge in [0.05, 0.1) is 12.2 Å². The summed E-state index contributed by atoms with van der Waals surface area (Å²) in [5.74, 6) is 0.402. The van der Waals surface area contributed by atoms with E-state index in [4.69, 9.17) is 9.47 Å². The van der Waals surface area contributed by atoms with Gasteiger partial charge in [0, 0.05) is 19.4 Å². The first-order valence-electron chi connectivity index (χ1n) is 22.7. The molecule has 294 valence electrons. The van der Waals surface area contributed by atoms with Gasteiger partial charge < -0.3 is 14.6 Å². The van der Waals surface area contributed by atoms with Crippen molar-refractivity contribution < 1.29 is 14.6 Å². The van der Waals surface area contributed by atoms with Crippen LogP contribution in [0.2, 0.25) is 0 Å². The summed E-state index contributed by atoms with van der Waals surface area (Å²) in [6.07, 6.45) is 60.6. The molecule has 3 aliphatic rings. The first-order chi connectivity index (χ1) is 25.1. The van der Waals surface area contributed by atoms with Gasteiger partial charge in [-0.3, -0.25) is 0 Å². The molecule has 3 fully saturated rings. The fourth-order valence-electron chi connectivity index (χ4n) is 9.21. The largest absolute Gasteiger partial charge is 0.396 e. The summed E-state index contributed by atoms with van der Waals surface area (Å²) >= 11 is 0. The van der Waals surface area contributed by atoms with Gasteiger partial charge in [-0.2, -0.15) is 0 Å². The molecular weight excluding hydrogens is 625 g/mol. The van der Waals surface area contributed by atoms with Crippen molar-refractivity contribution in [3.05, 3.63) is 48.6 Å². The zero-order chi connectivity index (χ0) is 36.1. The summed E-state index contributed by atoms with van der Waals surface area (Å²) in [6.45, 7) is 4.85. The lowest BCUT2D eigenvalue weighted by atomic mass is 9.59. The third kappa shape index (κ3) is 19.1. The van der Waals surface area contributed by atoms with Gasteiger partial charge >= 0.3 is 0 Å². The maximum absolute atomic E-state index is 9.27. The molecule has 51 heavy (non-hydrogen) atoms. The predicted octanol–water partition coefficient (Wildman–Crippen LogP) is 14.8. The Balaban J connectivity index is 1.26. The molecule has 1 aliphatic heterocycles. The van der Waals surface area contributed by atoms with Gasteiger partial charge in [-0.25, -0.2) is 0 Å². The number of ether oxygens (including phenoxy) is 2. The zero-order valence-electron chi connectivity index (χ0n) is 33.9. The van der Waals surface area contributed by atoms with Crippen molar-refractivity contribution >= 4 is 0 Å². The van der Waals surface area contributed by atoms with Crippen molar-refractivity contribution in [3.8, 4) is 0 Å². The third-order valence-corrected chi connectivity index (χ3v) is 12.2. The first kappa shape index (κ1) is 44.2. The Labute approximate surface area is 317 Å². The third-order valence-electron chi connectivity index (χ3n) is 12.2. The smallest absolute Gasteiger partial charge is 0.170 e. The van der Waals surface area contributed by atoms with Crippen LogP contribution in [0.1, 0.15) is 219 Å². The Hall–Kier alpha value is -1.16. The monoisotopic (exact) mass is 709 g/mol. The Morgan fingerprint density at radius 3 is 1.29 bits per heavy atom. The van der Waals surface area contributed by atoms with Crippen LogP contribution in [0.25, 0.3) is 0 Å². The summed E-state index contributed by atoms with van der Waals surface area (Å²) < 4.78 is 13.5. The van der Waals surface area contributed by atoms with Gasteiger partial charge in [0.1, 0.15) is 0 Å². The van der Waals surface area contributed by atoms with E-state index in [0.29, 0.717) is 30.1 Å². The minimum absolute atomic E-state index is 0.270. The highest BCUT2D eigenvalue weighted by molar-refractivity contribution is 5.06. The molecule has 1 N–H and O–H groups in total. The number of aliphatic hydroxyl groups is 1. The predicted molar refractivity (Wildman–Crippen MR) is 221 cm³/mol. The lowest BCUT2D eigenvalue weighted by molar-refractivity contribution is -0.281. The van der Waals surface area contributed by atoms with Crippen molar-refractivity contribution in [1.29, 1.82) is 0 Å². The normalized spacial score (nSPS) is 22.5. The van der Waals surface area contributed by atoms with Crippen molar-refractivity contribution in [2.24, 2.45) is 11.3 Å². The maximum Gasteiger partial charge on any atom is 0.170 e. The number of aliphatic hydroxyl groups excluding tert-OH is 1. The molecule has 2 aliphatic carbocycles. The van der Waals surface area contributed by atoms with Gasteiger partial charge in [0.25, 0.3) is 0 Å². The topological polar surface area (TPSA) is 38.7 Å². The summed E-state index contributed by atoms with van der Waals surface area (Å²) in [6, 6.07) is 0. The van der Waals surface area contributed by atoms with Gasteiger partial charge in [-0.1, -0.05) is 152 Å². The van der Waals surface area contributed by atoms with E-state index in [1.165, 1.54) is 154 Å². The Morgan fingerprint density at radius 2 is 0.882 bits per heavy atom.